The topological polar surface area (TPSA) is 12.7 Å². The molecule has 0 atom stereocenters. The Morgan fingerprint density at radius 1 is 0.347 bits per heavy atom. The van der Waals surface area contributed by atoms with Gasteiger partial charge in [0.15, 0.2) is 23.0 Å². The van der Waals surface area contributed by atoms with Crippen LogP contribution in [0.2, 0.25) is 0 Å². The van der Waals surface area contributed by atoms with Gasteiger partial charge in [-0.15, -0.1) is 0 Å². The zero-order valence-electron chi connectivity index (χ0n) is 72.9. The molecule has 121 heavy (non-hydrogen) atoms. The molecule has 0 bridgehead atoms. The maximum absolute atomic E-state index is 14.0. The van der Waals surface area contributed by atoms with Crippen LogP contribution in [0.4, 0.5) is 40.3 Å². The van der Waals surface area contributed by atoms with E-state index in [9.17, 15) is 17.6 Å². The van der Waals surface area contributed by atoms with E-state index < -0.39 is 13.5 Å². The Kier molecular flexibility index (Phi) is 49.4. The first-order valence-electron chi connectivity index (χ1n) is 47.1. The van der Waals surface area contributed by atoms with Gasteiger partial charge in [0.25, 0.3) is 0 Å². The summed E-state index contributed by atoms with van der Waals surface area (Å²) in [4.78, 5) is 5.53. The Balaban J connectivity index is 0.000000178. The summed E-state index contributed by atoms with van der Waals surface area (Å²) in [5, 5.41) is 0. The van der Waals surface area contributed by atoms with Crippen molar-refractivity contribution in [2.45, 2.75) is 382 Å². The number of rotatable bonds is 15. The molecule has 2 heterocycles. The number of aryl methyl sites for hydroxylation is 4. The van der Waals surface area contributed by atoms with Crippen LogP contribution in [0.5, 0.6) is 0 Å². The van der Waals surface area contributed by atoms with E-state index in [1.165, 1.54) is 80.8 Å². The summed E-state index contributed by atoms with van der Waals surface area (Å²) in [5.41, 5.74) is 19.1. The van der Waals surface area contributed by atoms with Crippen LogP contribution in [0.15, 0.2) is 133 Å². The molecule has 4 nitrogen and oxygen atoms in total. The van der Waals surface area contributed by atoms with Gasteiger partial charge in [-0.3, -0.25) is 0 Å². The van der Waals surface area contributed by atoms with Crippen LogP contribution < -0.4 is 27.1 Å². The second kappa shape index (κ2) is 57.6. The first-order valence-corrected chi connectivity index (χ1v) is 61.0. The quantitative estimate of drug-likeness (QED) is 0.0334. The Morgan fingerprint density at radius 2 is 0.612 bits per heavy atom. The van der Waals surface area contributed by atoms with Gasteiger partial charge in [0.2, 0.25) is 6.34 Å². The van der Waals surface area contributed by atoms with E-state index >= 15 is 0 Å². The number of benzene rings is 6. The molecule has 17 rings (SSSR count). The Morgan fingerprint density at radius 3 is 0.876 bits per heavy atom. The van der Waals surface area contributed by atoms with Crippen molar-refractivity contribution in [3.05, 3.63) is 197 Å². The molecule has 0 amide bonds. The number of anilines is 3. The van der Waals surface area contributed by atoms with Gasteiger partial charge in [-0.1, -0.05) is 121 Å². The van der Waals surface area contributed by atoms with Crippen LogP contribution in [-0.4, -0.2) is 97.2 Å². The van der Waals surface area contributed by atoms with Gasteiger partial charge in [0, 0.05) is 48.2 Å². The SMILES string of the molecule is C.C.C1CCC([PH+](C2CCCCC2)C2CCCCC2)CC1.C1CCC([PH+](C2CCCCC2)C2CCCCC2)CC1.C1CCC([PH+](C2CCCCC2)C2CCCCC2)CC1.Cc1cccc(F)c1N1C=[N+](c2c(C)cccc2F)CC1.Cc1cccc(F)c1N1[CH-]N(c2c(C)cccc2F)CC1.[Cl-].[Cl][Ru]([Cl])=[CH]c1ccccc1.[Cl][Ru]=[CH]c1ccccc1. The van der Waals surface area contributed by atoms with E-state index in [1.54, 1.807) is 326 Å². The van der Waals surface area contributed by atoms with Crippen LogP contribution in [0.1, 0.15) is 337 Å². The molecule has 6 aromatic rings. The van der Waals surface area contributed by atoms with Crippen LogP contribution in [0.3, 0.4) is 0 Å². The summed E-state index contributed by atoms with van der Waals surface area (Å²) in [5.74, 6) is -1.01. The maximum atomic E-state index is 14.0. The van der Waals surface area contributed by atoms with Crippen molar-refractivity contribution in [2.24, 2.45) is 0 Å². The van der Waals surface area contributed by atoms with Crippen molar-refractivity contribution >= 4 is 91.1 Å². The standard InChI is InChI=1S/3C18H33P.2C17H17F2N2.2C7H6.2CH4.4ClH.2Ru/c3*1-4-10-16(11-5-1)19(17-12-6-2-7-13-17)18-14-8-3-9-15-18;2*1-12-5-3-7-14(18)16(12)20-9-10-21(11-20)17-13(2)6-4-8-15(17)19;2*1-7-5-3-2-4-6-7;;;;;;;;/h3*16-18H,1-15H2;2*3-8,11H,9-10H2,1-2H3;2*1-6H;2*1H4;4*1H;;/q;;;-1;+1;;;;;;;;;+1;+2/p-1. The van der Waals surface area contributed by atoms with Crippen molar-refractivity contribution in [3.63, 3.8) is 0 Å². The molecule has 6 aromatic carbocycles. The van der Waals surface area contributed by atoms with Crippen LogP contribution in [0, 0.1) is 57.6 Å². The first-order chi connectivity index (χ1) is 57.7. The van der Waals surface area contributed by atoms with Crippen molar-refractivity contribution < 1.29 is 63.7 Å². The molecule has 10 fully saturated rings. The molecule has 0 N–H and O–H groups in total. The third kappa shape index (κ3) is 32.9. The first kappa shape index (κ1) is 104. The zero-order chi connectivity index (χ0) is 82.6. The Bertz CT molecular complexity index is 3540. The normalized spacial score (nSPS) is 20.4. The molecule has 2 aliphatic heterocycles. The predicted molar refractivity (Wildman–Crippen MR) is 523 cm³/mol. The Labute approximate surface area is 768 Å². The zero-order valence-corrected chi connectivity index (χ0v) is 82.4. The fraction of sp³-hybridized carbons (Fsp3) is 0.615. The molecule has 11 aliphatic rings. The average Bonchev–Trinajstić information content (AvgIpc) is 1.79. The number of nitrogens with zero attached hydrogens (tertiary/aromatic N) is 4. The fourth-order valence-electron chi connectivity index (χ4n) is 22.7. The summed E-state index contributed by atoms with van der Waals surface area (Å²) in [6.45, 7) is 11.8. The van der Waals surface area contributed by atoms with E-state index in [-0.39, 0.29) is 90.0 Å². The average molecular weight is 1980 g/mol. The van der Waals surface area contributed by atoms with Gasteiger partial charge in [0.1, 0.15) is 24.7 Å². The number of hydrogen-bond donors (Lipinski definition) is 0. The van der Waals surface area contributed by atoms with E-state index in [2.05, 4.69) is 16.7 Å². The van der Waals surface area contributed by atoms with E-state index in [4.69, 9.17) is 29.1 Å². The van der Waals surface area contributed by atoms with Crippen LogP contribution in [-0.2, 0) is 29.2 Å². The van der Waals surface area contributed by atoms with Crippen molar-refractivity contribution in [1.29, 1.82) is 0 Å². The van der Waals surface area contributed by atoms with Crippen molar-refractivity contribution in [3.8, 4) is 0 Å². The monoisotopic (exact) mass is 1970 g/mol. The third-order valence-corrected chi connectivity index (χ3v) is 45.0. The minimum absolute atomic E-state index is 0. The summed E-state index contributed by atoms with van der Waals surface area (Å²) in [7, 11) is 16.8. The van der Waals surface area contributed by atoms with Gasteiger partial charge in [-0.2, -0.15) is 6.67 Å². The minimum atomic E-state index is -1.61. The summed E-state index contributed by atoms with van der Waals surface area (Å²) in [6.07, 6.45) is 73.2. The summed E-state index contributed by atoms with van der Waals surface area (Å²) < 4.78 is 62.0. The molecule has 0 radical (unpaired) electrons. The third-order valence-electron chi connectivity index (χ3n) is 28.3. The van der Waals surface area contributed by atoms with E-state index in [0.717, 1.165) is 27.8 Å². The van der Waals surface area contributed by atoms with E-state index in [0.29, 0.717) is 48.9 Å². The molecule has 1 saturated heterocycles. The van der Waals surface area contributed by atoms with Gasteiger partial charge in [-0.05, 0) is 305 Å². The summed E-state index contributed by atoms with van der Waals surface area (Å²) in [6, 6.07) is 40.1. The van der Waals surface area contributed by atoms with Gasteiger partial charge >= 0.3 is 139 Å². The van der Waals surface area contributed by atoms with Crippen LogP contribution >= 0.6 is 52.8 Å². The molecule has 9 aliphatic carbocycles. The van der Waals surface area contributed by atoms with Crippen LogP contribution in [0.25, 0.3) is 0 Å². The fourth-order valence-corrected chi connectivity index (χ4v) is 41.3. The molecular weight excluding hydrogens is 1820 g/mol. The second-order valence-electron chi connectivity index (χ2n) is 36.4. The molecule has 677 valence electrons. The van der Waals surface area contributed by atoms with Gasteiger partial charge in [-0.25, -0.2) is 27.0 Å². The molecule has 17 heteroatoms. The van der Waals surface area contributed by atoms with E-state index in [1.807, 2.05) is 124 Å². The van der Waals surface area contributed by atoms with Gasteiger partial charge < -0.3 is 22.2 Å². The predicted octanol–water partition coefficient (Wildman–Crippen LogP) is 29.5. The molecule has 0 aromatic heterocycles. The number of para-hydroxylation sites is 4. The molecular formula is C104H156Cl4F4N4P3Ru2+2. The van der Waals surface area contributed by atoms with Gasteiger partial charge in [0.05, 0.1) is 50.9 Å². The van der Waals surface area contributed by atoms with Crippen molar-refractivity contribution in [2.75, 3.05) is 40.9 Å². The molecule has 0 spiro atoms. The second-order valence-corrected chi connectivity index (χ2v) is 54.3. The number of halogens is 8. The van der Waals surface area contributed by atoms with Crippen molar-refractivity contribution in [1.82, 2.24) is 0 Å². The molecule has 9 saturated carbocycles. The molecule has 0 unspecified atom stereocenters. The Hall–Kier alpha value is -2.45. The summed E-state index contributed by atoms with van der Waals surface area (Å²) >= 11 is -1.69. The number of hydrogen-bond acceptors (Lipinski definition) is 3.